The van der Waals surface area contributed by atoms with E-state index in [1.54, 1.807) is 36.4 Å². The Labute approximate surface area is 200 Å². The molecular weight excluding hydrogens is 454 g/mol. The lowest BCUT2D eigenvalue weighted by Gasteiger charge is -2.08. The average molecular weight is 486 g/mol. The van der Waals surface area contributed by atoms with Crippen molar-refractivity contribution in [3.8, 4) is 5.75 Å². The van der Waals surface area contributed by atoms with Crippen molar-refractivity contribution in [3.63, 3.8) is 0 Å². The molecule has 0 aliphatic rings. The summed E-state index contributed by atoms with van der Waals surface area (Å²) >= 11 is 0. The van der Waals surface area contributed by atoms with E-state index < -0.39 is 15.6 Å². The second-order valence-corrected chi connectivity index (χ2v) is 10.1. The van der Waals surface area contributed by atoms with Crippen LogP contribution < -0.4 is 15.1 Å². The number of carbonyl (C=O) groups excluding carboxylic acids is 1. The fourth-order valence-electron chi connectivity index (χ4n) is 3.61. The van der Waals surface area contributed by atoms with E-state index in [0.717, 1.165) is 35.8 Å². The first-order chi connectivity index (χ1) is 16.3. The van der Waals surface area contributed by atoms with Gasteiger partial charge >= 0.3 is 11.6 Å². The normalized spacial score (nSPS) is 11.6. The molecule has 1 heterocycles. The number of ether oxygens (including phenoxy) is 1. The predicted octanol–water partition coefficient (Wildman–Crippen LogP) is 4.89. The van der Waals surface area contributed by atoms with Crippen molar-refractivity contribution in [2.45, 2.75) is 63.7 Å². The van der Waals surface area contributed by atoms with Gasteiger partial charge in [-0.2, -0.15) is 0 Å². The van der Waals surface area contributed by atoms with Crippen LogP contribution in [0.4, 0.5) is 0 Å². The number of nitrogens with one attached hydrogen (secondary N) is 1. The summed E-state index contributed by atoms with van der Waals surface area (Å²) in [7, 11) is -3.52. The van der Waals surface area contributed by atoms with Gasteiger partial charge in [-0.15, -0.1) is 0 Å². The third-order valence-electron chi connectivity index (χ3n) is 5.51. The maximum absolute atomic E-state index is 12.3. The average Bonchev–Trinajstić information content (AvgIpc) is 2.79. The van der Waals surface area contributed by atoms with Crippen molar-refractivity contribution < 1.29 is 22.4 Å². The molecule has 7 nitrogen and oxygen atoms in total. The minimum absolute atomic E-state index is 0.212. The maximum atomic E-state index is 12.3. The van der Waals surface area contributed by atoms with Crippen LogP contribution in [-0.4, -0.2) is 20.9 Å². The lowest BCUT2D eigenvalue weighted by Crippen LogP contribution is -2.24. The van der Waals surface area contributed by atoms with Crippen molar-refractivity contribution in [2.75, 3.05) is 6.54 Å². The van der Waals surface area contributed by atoms with Gasteiger partial charge in [-0.1, -0.05) is 37.5 Å². The highest BCUT2D eigenvalue weighted by Crippen LogP contribution is 2.24. The molecule has 1 N–H and O–H groups in total. The Hall–Kier alpha value is -2.97. The van der Waals surface area contributed by atoms with E-state index in [1.807, 2.05) is 13.0 Å². The van der Waals surface area contributed by atoms with Crippen LogP contribution in [0, 0.1) is 6.92 Å². The third kappa shape index (κ3) is 7.27. The monoisotopic (exact) mass is 485 g/mol. The van der Waals surface area contributed by atoms with E-state index in [2.05, 4.69) is 11.6 Å². The van der Waals surface area contributed by atoms with Crippen LogP contribution in [0.3, 0.4) is 0 Å². The van der Waals surface area contributed by atoms with Crippen LogP contribution in [0.1, 0.15) is 56.6 Å². The van der Waals surface area contributed by atoms with Crippen molar-refractivity contribution in [1.29, 1.82) is 0 Å². The highest BCUT2D eigenvalue weighted by Gasteiger charge is 2.13. The van der Waals surface area contributed by atoms with Crippen molar-refractivity contribution in [1.82, 2.24) is 4.72 Å². The van der Waals surface area contributed by atoms with E-state index >= 15 is 0 Å². The minimum Gasteiger partial charge on any atom is -0.426 e. The number of hydrogen-bond acceptors (Lipinski definition) is 6. The van der Waals surface area contributed by atoms with Gasteiger partial charge in [0.05, 0.1) is 4.90 Å². The van der Waals surface area contributed by atoms with Crippen LogP contribution >= 0.6 is 0 Å². The molecule has 0 amide bonds. The summed E-state index contributed by atoms with van der Waals surface area (Å²) in [6, 6.07) is 13.3. The SMILES string of the molecule is CCCCc1cc(=O)oc2cc(OC(=O)CCCCCNS(=O)(=O)c3ccc(C)cc3)ccc12. The van der Waals surface area contributed by atoms with Crippen LogP contribution in [0.15, 0.2) is 62.6 Å². The Morgan fingerprint density at radius 1 is 1.00 bits per heavy atom. The number of esters is 1. The summed E-state index contributed by atoms with van der Waals surface area (Å²) < 4.78 is 37.8. The fraction of sp³-hybridized carbons (Fsp3) is 0.385. The number of hydrogen-bond donors (Lipinski definition) is 1. The number of sulfonamides is 1. The number of rotatable bonds is 12. The highest BCUT2D eigenvalue weighted by molar-refractivity contribution is 7.89. The number of benzene rings is 2. The zero-order valence-electron chi connectivity index (χ0n) is 19.6. The lowest BCUT2D eigenvalue weighted by molar-refractivity contribution is -0.134. The molecule has 3 rings (SSSR count). The molecule has 3 aromatic rings. The first-order valence-electron chi connectivity index (χ1n) is 11.6. The number of carbonyl (C=O) groups is 1. The van der Waals surface area contributed by atoms with Gasteiger partial charge in [0.15, 0.2) is 0 Å². The number of fused-ring (bicyclic) bond motifs is 1. The second kappa shape index (κ2) is 11.9. The topological polar surface area (TPSA) is 103 Å². The van der Waals surface area contributed by atoms with Crippen molar-refractivity contribution >= 4 is 27.0 Å². The molecule has 0 unspecified atom stereocenters. The second-order valence-electron chi connectivity index (χ2n) is 8.35. The van der Waals surface area contributed by atoms with Gasteiger partial charge in [-0.25, -0.2) is 17.9 Å². The van der Waals surface area contributed by atoms with Gasteiger partial charge in [0.25, 0.3) is 0 Å². The molecule has 0 radical (unpaired) electrons. The molecule has 0 saturated heterocycles. The number of unbranched alkanes of at least 4 members (excludes halogenated alkanes) is 3. The smallest absolute Gasteiger partial charge is 0.336 e. The van der Waals surface area contributed by atoms with Crippen molar-refractivity contribution in [3.05, 3.63) is 70.1 Å². The van der Waals surface area contributed by atoms with Crippen LogP contribution in [0.5, 0.6) is 5.75 Å². The molecular formula is C26H31NO6S. The van der Waals surface area contributed by atoms with E-state index in [9.17, 15) is 18.0 Å². The molecule has 0 saturated carbocycles. The Balaban J connectivity index is 1.44. The molecule has 0 aliphatic carbocycles. The van der Waals surface area contributed by atoms with Crippen LogP contribution in [0.2, 0.25) is 0 Å². The van der Waals surface area contributed by atoms with Crippen LogP contribution in [-0.2, 0) is 21.2 Å². The van der Waals surface area contributed by atoms with Gasteiger partial charge in [0.2, 0.25) is 10.0 Å². The molecule has 0 fully saturated rings. The molecule has 34 heavy (non-hydrogen) atoms. The first-order valence-corrected chi connectivity index (χ1v) is 13.1. The standard InChI is InChI=1S/C26H31NO6S/c1-3-4-8-20-17-26(29)33-24-18-21(12-15-23(20)24)32-25(28)9-6-5-7-16-27-34(30,31)22-13-10-19(2)11-14-22/h10-15,17-18,27H,3-9,16H2,1-2H3. The zero-order valence-corrected chi connectivity index (χ0v) is 20.4. The Kier molecular flexibility index (Phi) is 9.01. The molecule has 8 heteroatoms. The fourth-order valence-corrected chi connectivity index (χ4v) is 4.68. The van der Waals surface area contributed by atoms with E-state index in [4.69, 9.17) is 9.15 Å². The molecule has 0 spiro atoms. The first kappa shape index (κ1) is 25.6. The predicted molar refractivity (Wildman–Crippen MR) is 132 cm³/mol. The van der Waals surface area contributed by atoms with Crippen LogP contribution in [0.25, 0.3) is 11.0 Å². The Bertz CT molecular complexity index is 1280. The summed E-state index contributed by atoms with van der Waals surface area (Å²) in [5.74, 6) is -0.0526. The molecule has 1 aromatic heterocycles. The summed E-state index contributed by atoms with van der Waals surface area (Å²) in [5, 5.41) is 0.848. The number of aryl methyl sites for hydroxylation is 2. The maximum Gasteiger partial charge on any atom is 0.336 e. The highest BCUT2D eigenvalue weighted by atomic mass is 32.2. The Morgan fingerprint density at radius 2 is 1.76 bits per heavy atom. The summed E-state index contributed by atoms with van der Waals surface area (Å²) in [6.45, 7) is 4.29. The molecule has 0 aliphatic heterocycles. The largest absolute Gasteiger partial charge is 0.426 e. The zero-order chi connectivity index (χ0) is 24.6. The van der Waals surface area contributed by atoms with Gasteiger partial charge in [0.1, 0.15) is 11.3 Å². The molecule has 0 atom stereocenters. The lowest BCUT2D eigenvalue weighted by atomic mass is 10.0. The minimum atomic E-state index is -3.52. The summed E-state index contributed by atoms with van der Waals surface area (Å²) in [5.41, 5.74) is 1.92. The third-order valence-corrected chi connectivity index (χ3v) is 6.99. The van der Waals surface area contributed by atoms with E-state index in [0.29, 0.717) is 37.1 Å². The molecule has 0 bridgehead atoms. The van der Waals surface area contributed by atoms with Crippen molar-refractivity contribution in [2.24, 2.45) is 0 Å². The summed E-state index contributed by atoms with van der Waals surface area (Å²) in [6.07, 6.45) is 4.87. The van der Waals surface area contributed by atoms with Gasteiger partial charge in [-0.3, -0.25) is 4.79 Å². The van der Waals surface area contributed by atoms with E-state index in [1.165, 1.54) is 6.07 Å². The van der Waals surface area contributed by atoms with Gasteiger partial charge in [-0.05, 0) is 62.4 Å². The summed E-state index contributed by atoms with van der Waals surface area (Å²) in [4.78, 5) is 24.3. The van der Waals surface area contributed by atoms with Gasteiger partial charge < -0.3 is 9.15 Å². The Morgan fingerprint density at radius 3 is 2.50 bits per heavy atom. The molecule has 182 valence electrons. The van der Waals surface area contributed by atoms with Gasteiger partial charge in [0, 0.05) is 30.5 Å². The quantitative estimate of drug-likeness (QED) is 0.170. The molecule has 2 aromatic carbocycles. The van der Waals surface area contributed by atoms with E-state index in [-0.39, 0.29) is 17.3 Å².